The predicted molar refractivity (Wildman–Crippen MR) is 90.6 cm³/mol. The monoisotopic (exact) mass is 292 g/mol. The van der Waals surface area contributed by atoms with E-state index in [-0.39, 0.29) is 5.54 Å². The van der Waals surface area contributed by atoms with Crippen molar-refractivity contribution in [2.75, 3.05) is 18.0 Å². The van der Waals surface area contributed by atoms with Crippen molar-refractivity contribution in [2.24, 2.45) is 5.92 Å². The van der Waals surface area contributed by atoms with Crippen LogP contribution in [0.2, 0.25) is 0 Å². The highest BCUT2D eigenvalue weighted by Crippen LogP contribution is 2.16. The molecule has 0 spiro atoms. The fraction of sp³-hybridized carbons (Fsp3) is 0.765. The minimum Gasteiger partial charge on any atom is -0.355 e. The van der Waals surface area contributed by atoms with Crippen LogP contribution >= 0.6 is 0 Å². The second kappa shape index (κ2) is 8.32. The highest BCUT2D eigenvalue weighted by Gasteiger charge is 2.13. The molecule has 0 radical (unpaired) electrons. The van der Waals surface area contributed by atoms with Crippen LogP contribution < -0.4 is 10.2 Å². The summed E-state index contributed by atoms with van der Waals surface area (Å²) in [4.78, 5) is 2.33. The lowest BCUT2D eigenvalue weighted by atomic mass is 10.0. The van der Waals surface area contributed by atoms with E-state index in [1.54, 1.807) is 0 Å². The number of hydrogen-bond acceptors (Lipinski definition) is 4. The number of aromatic nitrogens is 2. The largest absolute Gasteiger partial charge is 0.355 e. The summed E-state index contributed by atoms with van der Waals surface area (Å²) in [6.07, 6.45) is 2.43. The SMILES string of the molecule is CCC(CC)CN(CC)c1ccc(CNC(C)(C)C)nn1. The molecule has 1 rings (SSSR count). The molecule has 1 aromatic heterocycles. The Bertz CT molecular complexity index is 390. The number of anilines is 1. The van der Waals surface area contributed by atoms with E-state index in [1.165, 1.54) is 12.8 Å². The lowest BCUT2D eigenvalue weighted by Gasteiger charge is -2.26. The standard InChI is InChI=1S/C17H32N4/c1-7-14(8-2)13-21(9-3)16-11-10-15(19-20-16)12-18-17(4,5)6/h10-11,14,18H,7-9,12-13H2,1-6H3. The Hall–Kier alpha value is -1.16. The third kappa shape index (κ3) is 6.42. The van der Waals surface area contributed by atoms with Crippen LogP contribution in [0.5, 0.6) is 0 Å². The van der Waals surface area contributed by atoms with Gasteiger partial charge in [0.25, 0.3) is 0 Å². The molecule has 0 aliphatic carbocycles. The molecule has 0 aliphatic rings. The molecule has 4 heteroatoms. The predicted octanol–water partition coefficient (Wildman–Crippen LogP) is 3.63. The first-order chi connectivity index (χ1) is 9.89. The van der Waals surface area contributed by atoms with Crippen molar-refractivity contribution in [1.29, 1.82) is 0 Å². The van der Waals surface area contributed by atoms with Gasteiger partial charge in [0.05, 0.1) is 5.69 Å². The molecule has 1 N–H and O–H groups in total. The highest BCUT2D eigenvalue weighted by atomic mass is 15.3. The second-order valence-electron chi connectivity index (χ2n) is 6.71. The topological polar surface area (TPSA) is 41.0 Å². The molecule has 0 saturated heterocycles. The van der Waals surface area contributed by atoms with Gasteiger partial charge in [-0.15, -0.1) is 5.10 Å². The minimum absolute atomic E-state index is 0.102. The third-order valence-corrected chi connectivity index (χ3v) is 3.84. The number of nitrogens with one attached hydrogen (secondary N) is 1. The summed E-state index contributed by atoms with van der Waals surface area (Å²) < 4.78 is 0. The van der Waals surface area contributed by atoms with Gasteiger partial charge in [0, 0.05) is 25.2 Å². The molecule has 120 valence electrons. The van der Waals surface area contributed by atoms with Crippen molar-refractivity contribution < 1.29 is 0 Å². The van der Waals surface area contributed by atoms with Gasteiger partial charge in [-0.1, -0.05) is 26.7 Å². The van der Waals surface area contributed by atoms with Gasteiger partial charge in [-0.25, -0.2) is 0 Å². The summed E-state index contributed by atoms with van der Waals surface area (Å²) in [5.41, 5.74) is 1.10. The molecular formula is C17H32N4. The fourth-order valence-corrected chi connectivity index (χ4v) is 2.21. The van der Waals surface area contributed by atoms with Crippen molar-refractivity contribution in [3.05, 3.63) is 17.8 Å². The molecule has 4 nitrogen and oxygen atoms in total. The molecule has 1 aromatic rings. The van der Waals surface area contributed by atoms with Gasteiger partial charge in [-0.05, 0) is 45.7 Å². The molecule has 0 aliphatic heterocycles. The zero-order valence-electron chi connectivity index (χ0n) is 14.6. The van der Waals surface area contributed by atoms with Crippen molar-refractivity contribution in [1.82, 2.24) is 15.5 Å². The quantitative estimate of drug-likeness (QED) is 0.794. The van der Waals surface area contributed by atoms with Gasteiger partial charge in [0.1, 0.15) is 0 Å². The summed E-state index contributed by atoms with van der Waals surface area (Å²) in [6.45, 7) is 16.0. The van der Waals surface area contributed by atoms with E-state index < -0.39 is 0 Å². The molecule has 0 fully saturated rings. The van der Waals surface area contributed by atoms with Crippen LogP contribution in [0.25, 0.3) is 0 Å². The number of nitrogens with zero attached hydrogens (tertiary/aromatic N) is 3. The molecule has 0 atom stereocenters. The average molecular weight is 292 g/mol. The minimum atomic E-state index is 0.102. The first-order valence-corrected chi connectivity index (χ1v) is 8.22. The Morgan fingerprint density at radius 2 is 1.76 bits per heavy atom. The number of rotatable bonds is 8. The lowest BCUT2D eigenvalue weighted by Crippen LogP contribution is -2.35. The summed E-state index contributed by atoms with van der Waals surface area (Å²) in [5, 5.41) is 12.2. The van der Waals surface area contributed by atoms with Crippen molar-refractivity contribution in [3.8, 4) is 0 Å². The van der Waals surface area contributed by atoms with Gasteiger partial charge >= 0.3 is 0 Å². The summed E-state index contributed by atoms with van der Waals surface area (Å²) >= 11 is 0. The average Bonchev–Trinajstić information content (AvgIpc) is 2.46. The molecule has 21 heavy (non-hydrogen) atoms. The molecule has 0 bridgehead atoms. The fourth-order valence-electron chi connectivity index (χ4n) is 2.21. The van der Waals surface area contributed by atoms with Crippen LogP contribution in [0.3, 0.4) is 0 Å². The van der Waals surface area contributed by atoms with Gasteiger partial charge in [-0.3, -0.25) is 0 Å². The molecule has 0 amide bonds. The van der Waals surface area contributed by atoms with E-state index in [9.17, 15) is 0 Å². The maximum atomic E-state index is 4.41. The molecular weight excluding hydrogens is 260 g/mol. The number of hydrogen-bond donors (Lipinski definition) is 1. The third-order valence-electron chi connectivity index (χ3n) is 3.84. The van der Waals surface area contributed by atoms with Gasteiger partial charge in [0.2, 0.25) is 0 Å². The Balaban J connectivity index is 2.66. The first-order valence-electron chi connectivity index (χ1n) is 8.22. The van der Waals surface area contributed by atoms with Crippen LogP contribution in [0, 0.1) is 5.92 Å². The van der Waals surface area contributed by atoms with Gasteiger partial charge in [0.15, 0.2) is 5.82 Å². The van der Waals surface area contributed by atoms with Crippen molar-refractivity contribution >= 4 is 5.82 Å². The highest BCUT2D eigenvalue weighted by molar-refractivity contribution is 5.37. The van der Waals surface area contributed by atoms with E-state index in [1.807, 2.05) is 0 Å². The maximum Gasteiger partial charge on any atom is 0.151 e. The Morgan fingerprint density at radius 1 is 1.10 bits per heavy atom. The molecule has 0 unspecified atom stereocenters. The van der Waals surface area contributed by atoms with Gasteiger partial charge < -0.3 is 10.2 Å². The Labute approximate surface area is 130 Å². The van der Waals surface area contributed by atoms with E-state index in [2.05, 4.69) is 74.1 Å². The summed E-state index contributed by atoms with van der Waals surface area (Å²) in [5.74, 6) is 1.72. The van der Waals surface area contributed by atoms with Crippen LogP contribution in [0.4, 0.5) is 5.82 Å². The van der Waals surface area contributed by atoms with Crippen LogP contribution in [0.15, 0.2) is 12.1 Å². The van der Waals surface area contributed by atoms with E-state index in [0.717, 1.165) is 37.1 Å². The second-order valence-corrected chi connectivity index (χ2v) is 6.71. The van der Waals surface area contributed by atoms with Crippen LogP contribution in [-0.4, -0.2) is 28.8 Å². The summed E-state index contributed by atoms with van der Waals surface area (Å²) in [6, 6.07) is 4.18. The normalized spacial score (nSPS) is 12.0. The van der Waals surface area contributed by atoms with Gasteiger partial charge in [-0.2, -0.15) is 5.10 Å². The van der Waals surface area contributed by atoms with Crippen molar-refractivity contribution in [3.63, 3.8) is 0 Å². The molecule has 1 heterocycles. The zero-order chi connectivity index (χ0) is 15.9. The maximum absolute atomic E-state index is 4.41. The molecule has 0 aromatic carbocycles. The summed E-state index contributed by atoms with van der Waals surface area (Å²) in [7, 11) is 0. The van der Waals surface area contributed by atoms with Crippen LogP contribution in [0.1, 0.15) is 60.1 Å². The van der Waals surface area contributed by atoms with E-state index in [0.29, 0.717) is 0 Å². The molecule has 0 saturated carbocycles. The first kappa shape index (κ1) is 17.9. The smallest absolute Gasteiger partial charge is 0.151 e. The van der Waals surface area contributed by atoms with Crippen molar-refractivity contribution in [2.45, 2.75) is 66.5 Å². The van der Waals surface area contributed by atoms with E-state index >= 15 is 0 Å². The van der Waals surface area contributed by atoms with E-state index in [4.69, 9.17) is 0 Å². The Morgan fingerprint density at radius 3 is 2.19 bits per heavy atom. The lowest BCUT2D eigenvalue weighted by molar-refractivity contribution is 0.420. The van der Waals surface area contributed by atoms with Crippen LogP contribution in [-0.2, 0) is 6.54 Å². The zero-order valence-corrected chi connectivity index (χ0v) is 14.6. The Kier molecular flexibility index (Phi) is 7.09.